The second kappa shape index (κ2) is 6.02. The lowest BCUT2D eigenvalue weighted by atomic mass is 10.2. The number of urea groups is 1. The monoisotopic (exact) mass is 278 g/mol. The molecule has 1 aliphatic rings. The van der Waals surface area contributed by atoms with Crippen LogP contribution < -0.4 is 16.0 Å². The summed E-state index contributed by atoms with van der Waals surface area (Å²) in [6.45, 7) is 0.168. The van der Waals surface area contributed by atoms with E-state index >= 15 is 0 Å². The van der Waals surface area contributed by atoms with E-state index in [1.54, 1.807) is 18.3 Å². The molecule has 1 fully saturated rings. The maximum Gasteiger partial charge on any atom is 0.326 e. The molecule has 2 rings (SSSR count). The highest BCUT2D eigenvalue weighted by Crippen LogP contribution is 2.02. The van der Waals surface area contributed by atoms with Crippen molar-refractivity contribution in [1.82, 2.24) is 20.9 Å². The van der Waals surface area contributed by atoms with Crippen molar-refractivity contribution in [3.8, 4) is 0 Å². The fourth-order valence-electron chi connectivity index (χ4n) is 1.65. The molecule has 0 spiro atoms. The van der Waals surface area contributed by atoms with Gasteiger partial charge in [0.15, 0.2) is 0 Å². The second-order valence-corrected chi connectivity index (χ2v) is 4.06. The van der Waals surface area contributed by atoms with Crippen LogP contribution in [0.15, 0.2) is 30.1 Å². The van der Waals surface area contributed by atoms with E-state index in [1.807, 2.05) is 0 Å². The van der Waals surface area contributed by atoms with Crippen molar-refractivity contribution in [2.75, 3.05) is 13.7 Å². The van der Waals surface area contributed by atoms with Crippen LogP contribution in [0.1, 0.15) is 10.5 Å². The molecule has 8 nitrogen and oxygen atoms in total. The molecule has 1 aromatic heterocycles. The molecule has 1 saturated heterocycles. The molecule has 1 atom stereocenters. The van der Waals surface area contributed by atoms with E-state index in [1.165, 1.54) is 13.2 Å². The summed E-state index contributed by atoms with van der Waals surface area (Å²) in [4.78, 5) is 36.8. The number of ether oxygens (including phenoxy) is 1. The molecule has 106 valence electrons. The number of rotatable bonds is 5. The van der Waals surface area contributed by atoms with Gasteiger partial charge in [-0.3, -0.25) is 14.9 Å². The van der Waals surface area contributed by atoms with Crippen LogP contribution in [-0.2, 0) is 9.53 Å². The first kappa shape index (κ1) is 13.8. The molecule has 0 saturated carbocycles. The Balaban J connectivity index is 1.93. The van der Waals surface area contributed by atoms with Gasteiger partial charge < -0.3 is 20.4 Å². The molecule has 4 N–H and O–H groups in total. The number of aromatic nitrogens is 1. The average Bonchev–Trinajstić information content (AvgIpc) is 3.04. The fourth-order valence-corrected chi connectivity index (χ4v) is 1.65. The van der Waals surface area contributed by atoms with Gasteiger partial charge in [-0.05, 0) is 18.2 Å². The van der Waals surface area contributed by atoms with Crippen molar-refractivity contribution in [3.05, 3.63) is 35.8 Å². The molecule has 1 aromatic rings. The van der Waals surface area contributed by atoms with Gasteiger partial charge in [0.1, 0.15) is 11.4 Å². The lowest BCUT2D eigenvalue weighted by molar-refractivity contribution is -0.115. The number of carbonyl (C=O) groups is 3. The van der Waals surface area contributed by atoms with Crippen LogP contribution >= 0.6 is 0 Å². The number of methoxy groups -OCH3 is 1. The molecule has 2 heterocycles. The first-order valence-corrected chi connectivity index (χ1v) is 5.88. The molecular formula is C12H14N4O4. The van der Waals surface area contributed by atoms with E-state index in [9.17, 15) is 14.4 Å². The zero-order chi connectivity index (χ0) is 14.5. The number of nitrogens with one attached hydrogen (secondary N) is 4. The molecule has 0 aromatic carbocycles. The van der Waals surface area contributed by atoms with Crippen LogP contribution in [0.2, 0.25) is 0 Å². The molecule has 0 bridgehead atoms. The summed E-state index contributed by atoms with van der Waals surface area (Å²) in [7, 11) is 1.44. The predicted molar refractivity (Wildman–Crippen MR) is 68.7 cm³/mol. The highest BCUT2D eigenvalue weighted by atomic mass is 16.5. The minimum absolute atomic E-state index is 0.107. The van der Waals surface area contributed by atoms with E-state index in [0.717, 1.165) is 0 Å². The normalized spacial score (nSPS) is 17.8. The third-order valence-electron chi connectivity index (χ3n) is 2.68. The van der Waals surface area contributed by atoms with E-state index in [0.29, 0.717) is 5.69 Å². The minimum Gasteiger partial charge on any atom is -0.375 e. The first-order valence-electron chi connectivity index (χ1n) is 5.88. The Morgan fingerprint density at radius 1 is 1.45 bits per heavy atom. The van der Waals surface area contributed by atoms with Gasteiger partial charge >= 0.3 is 6.03 Å². The highest BCUT2D eigenvalue weighted by Gasteiger charge is 2.24. The van der Waals surface area contributed by atoms with E-state index in [4.69, 9.17) is 4.74 Å². The Bertz CT molecular complexity index is 550. The average molecular weight is 278 g/mol. The lowest BCUT2D eigenvalue weighted by Crippen LogP contribution is -2.33. The first-order chi connectivity index (χ1) is 9.60. The summed E-state index contributed by atoms with van der Waals surface area (Å²) in [5.74, 6) is -0.803. The number of hydrogen-bond acceptors (Lipinski definition) is 4. The van der Waals surface area contributed by atoms with Crippen LogP contribution in [0.3, 0.4) is 0 Å². The Morgan fingerprint density at radius 3 is 2.80 bits per heavy atom. The summed E-state index contributed by atoms with van der Waals surface area (Å²) in [5, 5.41) is 7.08. The van der Waals surface area contributed by atoms with Crippen LogP contribution in [0.25, 0.3) is 0 Å². The molecule has 1 aliphatic heterocycles. The van der Waals surface area contributed by atoms with Crippen molar-refractivity contribution in [1.29, 1.82) is 0 Å². The molecule has 4 amide bonds. The van der Waals surface area contributed by atoms with Gasteiger partial charge in [0.2, 0.25) is 0 Å². The van der Waals surface area contributed by atoms with Gasteiger partial charge in [-0.2, -0.15) is 0 Å². The third-order valence-corrected chi connectivity index (χ3v) is 2.68. The summed E-state index contributed by atoms with van der Waals surface area (Å²) in [5.41, 5.74) is 0.537. The maximum atomic E-state index is 11.7. The van der Waals surface area contributed by atoms with Crippen LogP contribution in [0.5, 0.6) is 0 Å². The zero-order valence-corrected chi connectivity index (χ0v) is 10.7. The molecule has 0 aliphatic carbocycles. The van der Waals surface area contributed by atoms with E-state index < -0.39 is 18.0 Å². The molecule has 8 heteroatoms. The number of H-pyrrole nitrogens is 1. The SMILES string of the molecule is CO[C@@H](/C=C1\NC(=O)NC1=O)CNC(=O)c1ccc[nH]1. The lowest BCUT2D eigenvalue weighted by Gasteiger charge is -2.12. The zero-order valence-electron chi connectivity index (χ0n) is 10.7. The van der Waals surface area contributed by atoms with Gasteiger partial charge in [-0.15, -0.1) is 0 Å². The topological polar surface area (TPSA) is 112 Å². The predicted octanol–water partition coefficient (Wildman–Crippen LogP) is -0.517. The summed E-state index contributed by atoms with van der Waals surface area (Å²) >= 11 is 0. The largest absolute Gasteiger partial charge is 0.375 e. The standard InChI is InChI=1S/C12H14N4O4/c1-20-7(5-9-11(18)16-12(19)15-9)6-14-10(17)8-3-2-4-13-8/h2-5,7,13H,6H2,1H3,(H,14,17)(H2,15,16,18,19)/b9-5-/t7-/m0/s1. The number of aromatic amines is 1. The van der Waals surface area contributed by atoms with Crippen molar-refractivity contribution >= 4 is 17.8 Å². The fraction of sp³-hybridized carbons (Fsp3) is 0.250. The van der Waals surface area contributed by atoms with Gasteiger partial charge in [0.25, 0.3) is 11.8 Å². The highest BCUT2D eigenvalue weighted by molar-refractivity contribution is 6.11. The smallest absolute Gasteiger partial charge is 0.326 e. The Hall–Kier alpha value is -2.61. The summed E-state index contributed by atoms with van der Waals surface area (Å²) in [6.07, 6.45) is 2.55. The number of carbonyl (C=O) groups excluding carboxylic acids is 3. The molecular weight excluding hydrogens is 264 g/mol. The molecule has 20 heavy (non-hydrogen) atoms. The van der Waals surface area contributed by atoms with E-state index in [-0.39, 0.29) is 18.1 Å². The maximum absolute atomic E-state index is 11.7. The van der Waals surface area contributed by atoms with Gasteiger partial charge in [-0.25, -0.2) is 4.79 Å². The van der Waals surface area contributed by atoms with Crippen LogP contribution in [0, 0.1) is 0 Å². The van der Waals surface area contributed by atoms with Crippen LogP contribution in [0.4, 0.5) is 4.79 Å². The van der Waals surface area contributed by atoms with Crippen molar-refractivity contribution in [2.45, 2.75) is 6.10 Å². The number of hydrogen-bond donors (Lipinski definition) is 4. The van der Waals surface area contributed by atoms with Gasteiger partial charge in [-0.1, -0.05) is 0 Å². The number of imide groups is 1. The Kier molecular flexibility index (Phi) is 4.16. The third kappa shape index (κ3) is 3.23. The van der Waals surface area contributed by atoms with E-state index in [2.05, 4.69) is 20.9 Å². The van der Waals surface area contributed by atoms with Crippen molar-refractivity contribution in [2.24, 2.45) is 0 Å². The quantitative estimate of drug-likeness (QED) is 0.429. The molecule has 0 radical (unpaired) electrons. The number of amides is 4. The van der Waals surface area contributed by atoms with Crippen molar-refractivity contribution in [3.63, 3.8) is 0 Å². The van der Waals surface area contributed by atoms with Crippen molar-refractivity contribution < 1.29 is 19.1 Å². The molecule has 0 unspecified atom stereocenters. The second-order valence-electron chi connectivity index (χ2n) is 4.06. The Morgan fingerprint density at radius 2 is 2.25 bits per heavy atom. The van der Waals surface area contributed by atoms with Gasteiger partial charge in [0.05, 0.1) is 6.10 Å². The van der Waals surface area contributed by atoms with Gasteiger partial charge in [0, 0.05) is 19.9 Å². The Labute approximate surface area is 114 Å². The minimum atomic E-state index is -0.577. The van der Waals surface area contributed by atoms with Crippen LogP contribution in [-0.4, -0.2) is 42.6 Å². The summed E-state index contributed by atoms with van der Waals surface area (Å²) in [6, 6.07) is 2.77. The summed E-state index contributed by atoms with van der Waals surface area (Å²) < 4.78 is 5.13.